The van der Waals surface area contributed by atoms with Gasteiger partial charge in [0.15, 0.2) is 0 Å². The van der Waals surface area contributed by atoms with Gasteiger partial charge in [-0.2, -0.15) is 0 Å². The number of likely N-dealkylation sites (N-methyl/N-ethyl adjacent to an activating group) is 1. The number of benzene rings is 1. The van der Waals surface area contributed by atoms with E-state index in [2.05, 4.69) is 5.32 Å². The van der Waals surface area contributed by atoms with Gasteiger partial charge in [0.25, 0.3) is 5.91 Å². The van der Waals surface area contributed by atoms with Crippen LogP contribution in [0.25, 0.3) is 0 Å². The Kier molecular flexibility index (Phi) is 5.70. The molecule has 5 heteroatoms. The molecule has 0 aliphatic rings. The van der Waals surface area contributed by atoms with Gasteiger partial charge < -0.3 is 15.3 Å². The molecule has 0 unspecified atom stereocenters. The van der Waals surface area contributed by atoms with Crippen molar-refractivity contribution in [1.29, 1.82) is 0 Å². The van der Waals surface area contributed by atoms with Crippen LogP contribution in [0.5, 0.6) is 0 Å². The summed E-state index contributed by atoms with van der Waals surface area (Å²) in [6, 6.07) is 8.83. The summed E-state index contributed by atoms with van der Waals surface area (Å²) in [4.78, 5) is 25.3. The number of hydrogen-bond acceptors (Lipinski definition) is 3. The van der Waals surface area contributed by atoms with Gasteiger partial charge in [-0.25, -0.2) is 0 Å². The van der Waals surface area contributed by atoms with Crippen molar-refractivity contribution in [2.45, 2.75) is 25.8 Å². The van der Waals surface area contributed by atoms with Crippen molar-refractivity contribution in [3.63, 3.8) is 0 Å². The largest absolute Gasteiger partial charge is 0.396 e. The molecule has 0 aromatic heterocycles. The van der Waals surface area contributed by atoms with E-state index >= 15 is 0 Å². The van der Waals surface area contributed by atoms with Gasteiger partial charge in [-0.05, 0) is 32.4 Å². The first-order valence-corrected chi connectivity index (χ1v) is 6.58. The predicted molar refractivity (Wildman–Crippen MR) is 77.3 cm³/mol. The molecule has 1 aromatic rings. The molecule has 0 fully saturated rings. The third kappa shape index (κ3) is 5.01. The zero-order chi connectivity index (χ0) is 15.2. The fourth-order valence-corrected chi connectivity index (χ4v) is 1.85. The molecule has 0 spiro atoms. The summed E-state index contributed by atoms with van der Waals surface area (Å²) in [5.41, 5.74) is 0.0695. The second-order valence-electron chi connectivity index (χ2n) is 5.43. The third-order valence-corrected chi connectivity index (χ3v) is 2.96. The molecule has 0 saturated carbocycles. The van der Waals surface area contributed by atoms with E-state index in [1.807, 2.05) is 19.9 Å². The monoisotopic (exact) mass is 278 g/mol. The molecule has 20 heavy (non-hydrogen) atoms. The molecular formula is C15H22N2O3. The fourth-order valence-electron chi connectivity index (χ4n) is 1.85. The maximum atomic E-state index is 12.1. The summed E-state index contributed by atoms with van der Waals surface area (Å²) in [6.45, 7) is 3.66. The Bertz CT molecular complexity index is 457. The number of aliphatic hydroxyl groups is 1. The Labute approximate surface area is 119 Å². The lowest BCUT2D eigenvalue weighted by Gasteiger charge is -2.27. The minimum atomic E-state index is -0.484. The first-order chi connectivity index (χ1) is 9.35. The number of aliphatic hydroxyl groups excluding tert-OH is 1. The minimum absolute atomic E-state index is 0.00602. The van der Waals surface area contributed by atoms with Crippen molar-refractivity contribution in [1.82, 2.24) is 10.2 Å². The lowest BCUT2D eigenvalue weighted by Crippen LogP contribution is -2.48. The lowest BCUT2D eigenvalue weighted by atomic mass is 10.0. The Hall–Kier alpha value is -1.88. The van der Waals surface area contributed by atoms with Crippen LogP contribution in [-0.4, -0.2) is 47.6 Å². The fraction of sp³-hybridized carbons (Fsp3) is 0.467. The number of carbonyl (C=O) groups is 2. The Balaban J connectivity index is 2.56. The van der Waals surface area contributed by atoms with Gasteiger partial charge in [0, 0.05) is 24.8 Å². The van der Waals surface area contributed by atoms with Gasteiger partial charge in [0.1, 0.15) is 0 Å². The van der Waals surface area contributed by atoms with E-state index in [0.29, 0.717) is 12.0 Å². The number of nitrogens with zero attached hydrogens (tertiary/aromatic N) is 1. The SMILES string of the molecule is CN(CC(=O)NC(C)(C)CCO)C(=O)c1ccccc1. The van der Waals surface area contributed by atoms with Crippen LogP contribution in [0.15, 0.2) is 30.3 Å². The van der Waals surface area contributed by atoms with Gasteiger partial charge in [-0.3, -0.25) is 9.59 Å². The van der Waals surface area contributed by atoms with Crippen molar-refractivity contribution in [2.75, 3.05) is 20.2 Å². The van der Waals surface area contributed by atoms with Gasteiger partial charge in [0.05, 0.1) is 6.54 Å². The highest BCUT2D eigenvalue weighted by atomic mass is 16.3. The number of rotatable bonds is 6. The highest BCUT2D eigenvalue weighted by Crippen LogP contribution is 2.07. The first kappa shape index (κ1) is 16.2. The summed E-state index contributed by atoms with van der Waals surface area (Å²) in [5, 5.41) is 11.7. The number of nitrogens with one attached hydrogen (secondary N) is 1. The van der Waals surface area contributed by atoms with E-state index < -0.39 is 5.54 Å². The highest BCUT2D eigenvalue weighted by Gasteiger charge is 2.21. The standard InChI is InChI=1S/C15H22N2O3/c1-15(2,9-10-18)16-13(19)11-17(3)14(20)12-7-5-4-6-8-12/h4-8,18H,9-11H2,1-3H3,(H,16,19). The van der Waals surface area contributed by atoms with E-state index in [9.17, 15) is 9.59 Å². The Morgan fingerprint density at radius 1 is 1.25 bits per heavy atom. The van der Waals surface area contributed by atoms with Gasteiger partial charge in [-0.1, -0.05) is 18.2 Å². The molecule has 0 atom stereocenters. The maximum Gasteiger partial charge on any atom is 0.254 e. The third-order valence-electron chi connectivity index (χ3n) is 2.96. The summed E-state index contributed by atoms with van der Waals surface area (Å²) >= 11 is 0. The van der Waals surface area contributed by atoms with Crippen molar-refractivity contribution in [3.05, 3.63) is 35.9 Å². The zero-order valence-electron chi connectivity index (χ0n) is 12.2. The van der Waals surface area contributed by atoms with Crippen molar-refractivity contribution >= 4 is 11.8 Å². The van der Waals surface area contributed by atoms with E-state index in [1.165, 1.54) is 4.90 Å². The van der Waals surface area contributed by atoms with Crippen LogP contribution in [0.3, 0.4) is 0 Å². The smallest absolute Gasteiger partial charge is 0.254 e. The van der Waals surface area contributed by atoms with Gasteiger partial charge in [-0.15, -0.1) is 0 Å². The number of hydrogen-bond donors (Lipinski definition) is 2. The summed E-state index contributed by atoms with van der Waals surface area (Å²) in [7, 11) is 1.59. The molecule has 0 heterocycles. The lowest BCUT2D eigenvalue weighted by molar-refractivity contribution is -0.123. The molecule has 0 bridgehead atoms. The molecule has 110 valence electrons. The van der Waals surface area contributed by atoms with Crippen molar-refractivity contribution in [2.24, 2.45) is 0 Å². The molecular weight excluding hydrogens is 256 g/mol. The van der Waals surface area contributed by atoms with Crippen LogP contribution in [-0.2, 0) is 4.79 Å². The zero-order valence-corrected chi connectivity index (χ0v) is 12.2. The average Bonchev–Trinajstić information content (AvgIpc) is 2.37. The summed E-state index contributed by atoms with van der Waals surface area (Å²) in [6.07, 6.45) is 0.467. The van der Waals surface area contributed by atoms with Crippen molar-refractivity contribution < 1.29 is 14.7 Å². The Morgan fingerprint density at radius 2 is 1.85 bits per heavy atom. The quantitative estimate of drug-likeness (QED) is 0.816. The topological polar surface area (TPSA) is 69.6 Å². The summed E-state index contributed by atoms with van der Waals surface area (Å²) in [5.74, 6) is -0.434. The molecule has 0 aliphatic heterocycles. The average molecular weight is 278 g/mol. The second kappa shape index (κ2) is 7.05. The van der Waals surface area contributed by atoms with E-state index in [-0.39, 0.29) is 25.0 Å². The van der Waals surface area contributed by atoms with E-state index in [1.54, 1.807) is 31.3 Å². The molecule has 0 radical (unpaired) electrons. The Morgan fingerprint density at radius 3 is 2.40 bits per heavy atom. The molecule has 2 N–H and O–H groups in total. The van der Waals surface area contributed by atoms with Crippen molar-refractivity contribution in [3.8, 4) is 0 Å². The minimum Gasteiger partial charge on any atom is -0.396 e. The van der Waals surface area contributed by atoms with Crippen LogP contribution in [0.2, 0.25) is 0 Å². The molecule has 0 saturated heterocycles. The molecule has 2 amide bonds. The van der Waals surface area contributed by atoms with E-state index in [0.717, 1.165) is 0 Å². The van der Waals surface area contributed by atoms with Crippen LogP contribution in [0, 0.1) is 0 Å². The number of amides is 2. The number of carbonyl (C=O) groups excluding carboxylic acids is 2. The van der Waals surface area contributed by atoms with Gasteiger partial charge in [0.2, 0.25) is 5.91 Å². The molecule has 1 rings (SSSR count). The van der Waals surface area contributed by atoms with E-state index in [4.69, 9.17) is 5.11 Å². The second-order valence-corrected chi connectivity index (χ2v) is 5.43. The maximum absolute atomic E-state index is 12.1. The van der Waals surface area contributed by atoms with Gasteiger partial charge >= 0.3 is 0 Å². The van der Waals surface area contributed by atoms with Crippen LogP contribution >= 0.6 is 0 Å². The highest BCUT2D eigenvalue weighted by molar-refractivity contribution is 5.96. The van der Waals surface area contributed by atoms with Crippen LogP contribution in [0.1, 0.15) is 30.6 Å². The molecule has 1 aromatic carbocycles. The van der Waals surface area contributed by atoms with Crippen LogP contribution in [0.4, 0.5) is 0 Å². The summed E-state index contributed by atoms with van der Waals surface area (Å²) < 4.78 is 0. The first-order valence-electron chi connectivity index (χ1n) is 6.58. The predicted octanol–water partition coefficient (Wildman–Crippen LogP) is 1.04. The van der Waals surface area contributed by atoms with Crippen LogP contribution < -0.4 is 5.32 Å². The molecule has 0 aliphatic carbocycles. The normalized spacial score (nSPS) is 11.0. The molecule has 5 nitrogen and oxygen atoms in total.